The minimum atomic E-state index is -0.619. The first-order chi connectivity index (χ1) is 14.2. The summed E-state index contributed by atoms with van der Waals surface area (Å²) in [7, 11) is 0. The van der Waals surface area contributed by atoms with Gasteiger partial charge in [-0.3, -0.25) is 4.98 Å². The number of alkyl halides is 1. The summed E-state index contributed by atoms with van der Waals surface area (Å²) in [5, 5.41) is 27.5. The Kier molecular flexibility index (Phi) is 6.51. The molecule has 29 heavy (non-hydrogen) atoms. The fraction of sp³-hybridized carbons (Fsp3) is 0.158. The average molecular weight is 407 g/mol. The molecule has 0 fully saturated rings. The lowest BCUT2D eigenvalue weighted by molar-refractivity contribution is 0.272. The second-order valence-electron chi connectivity index (χ2n) is 5.57. The predicted octanol–water partition coefficient (Wildman–Crippen LogP) is 2.90. The van der Waals surface area contributed by atoms with Crippen LogP contribution in [0.25, 0.3) is 11.3 Å². The second-order valence-corrected chi connectivity index (χ2v) is 6.54. The number of nitrogens with two attached hydrogens (primary N) is 1. The molecule has 144 valence electrons. The molecule has 0 unspecified atom stereocenters. The van der Waals surface area contributed by atoms with Crippen molar-refractivity contribution in [2.45, 2.75) is 10.8 Å². The SMILES string of the molecule is N#Cc1c(N)nc(SCc2cccnn2)c(C#N)c1-c1ccc(OCCF)cn1. The van der Waals surface area contributed by atoms with Gasteiger partial charge < -0.3 is 10.5 Å². The van der Waals surface area contributed by atoms with Crippen molar-refractivity contribution in [3.8, 4) is 29.1 Å². The van der Waals surface area contributed by atoms with Crippen molar-refractivity contribution >= 4 is 17.6 Å². The molecule has 10 heteroatoms. The van der Waals surface area contributed by atoms with E-state index < -0.39 is 6.67 Å². The van der Waals surface area contributed by atoms with Crippen LogP contribution in [0.1, 0.15) is 16.8 Å². The summed E-state index contributed by atoms with van der Waals surface area (Å²) in [4.78, 5) is 8.48. The number of anilines is 1. The molecule has 0 saturated carbocycles. The Hall–Kier alpha value is -3.76. The summed E-state index contributed by atoms with van der Waals surface area (Å²) in [6.45, 7) is -0.703. The van der Waals surface area contributed by atoms with Crippen molar-refractivity contribution in [1.82, 2.24) is 20.2 Å². The Morgan fingerprint density at radius 1 is 1.17 bits per heavy atom. The number of nitrogen functional groups attached to an aromatic ring is 1. The molecular weight excluding hydrogens is 393 g/mol. The quantitative estimate of drug-likeness (QED) is 0.586. The van der Waals surface area contributed by atoms with Crippen LogP contribution in [0.2, 0.25) is 0 Å². The maximum Gasteiger partial charge on any atom is 0.143 e. The van der Waals surface area contributed by atoms with E-state index in [2.05, 4.69) is 26.2 Å². The molecule has 0 radical (unpaired) electrons. The Labute approximate surface area is 170 Å². The standard InChI is InChI=1S/C19H14FN7OS/c20-5-7-28-13-3-4-16(24-10-13)17-14(8-21)18(23)26-19(15(17)9-22)29-11-12-2-1-6-25-27-12/h1-4,6,10H,5,7,11H2,(H2,23,26). The first-order valence-electron chi connectivity index (χ1n) is 8.36. The van der Waals surface area contributed by atoms with Gasteiger partial charge in [-0.1, -0.05) is 11.8 Å². The third-order valence-electron chi connectivity index (χ3n) is 3.74. The van der Waals surface area contributed by atoms with Crippen molar-refractivity contribution in [3.63, 3.8) is 0 Å². The van der Waals surface area contributed by atoms with Crippen LogP contribution in [0.15, 0.2) is 41.7 Å². The van der Waals surface area contributed by atoms with Crippen LogP contribution in [0.3, 0.4) is 0 Å². The Morgan fingerprint density at radius 3 is 2.62 bits per heavy atom. The molecule has 2 N–H and O–H groups in total. The highest BCUT2D eigenvalue weighted by molar-refractivity contribution is 7.98. The predicted molar refractivity (Wildman–Crippen MR) is 104 cm³/mol. The monoisotopic (exact) mass is 407 g/mol. The third kappa shape index (κ3) is 4.57. The summed E-state index contributed by atoms with van der Waals surface area (Å²) in [6, 6.07) is 10.8. The van der Waals surface area contributed by atoms with Gasteiger partial charge in [-0.15, -0.1) is 0 Å². The number of pyridine rings is 2. The highest BCUT2D eigenvalue weighted by Crippen LogP contribution is 2.35. The zero-order chi connectivity index (χ0) is 20.6. The molecule has 0 saturated heterocycles. The molecule has 0 aliphatic heterocycles. The van der Waals surface area contributed by atoms with Crippen molar-refractivity contribution < 1.29 is 9.13 Å². The Balaban J connectivity index is 2.02. The summed E-state index contributed by atoms with van der Waals surface area (Å²) in [5.74, 6) is 0.800. The van der Waals surface area contributed by atoms with Crippen molar-refractivity contribution in [2.24, 2.45) is 0 Å². The van der Waals surface area contributed by atoms with Gasteiger partial charge in [0.1, 0.15) is 47.6 Å². The normalized spacial score (nSPS) is 10.2. The van der Waals surface area contributed by atoms with Crippen molar-refractivity contribution in [3.05, 3.63) is 53.5 Å². The van der Waals surface area contributed by atoms with Gasteiger partial charge in [0.15, 0.2) is 0 Å². The highest BCUT2D eigenvalue weighted by Gasteiger charge is 2.21. The van der Waals surface area contributed by atoms with Gasteiger partial charge >= 0.3 is 0 Å². The van der Waals surface area contributed by atoms with E-state index in [1.54, 1.807) is 30.5 Å². The van der Waals surface area contributed by atoms with Crippen molar-refractivity contribution in [2.75, 3.05) is 19.0 Å². The summed E-state index contributed by atoms with van der Waals surface area (Å²) in [6.07, 6.45) is 2.97. The smallest absolute Gasteiger partial charge is 0.143 e. The molecule has 0 aliphatic rings. The molecule has 0 aliphatic carbocycles. The van der Waals surface area contributed by atoms with E-state index in [1.165, 1.54) is 18.0 Å². The lowest BCUT2D eigenvalue weighted by atomic mass is 10.0. The van der Waals surface area contributed by atoms with Gasteiger partial charge in [0.25, 0.3) is 0 Å². The lowest BCUT2D eigenvalue weighted by Crippen LogP contribution is -2.05. The molecular formula is C19H14FN7OS. The highest BCUT2D eigenvalue weighted by atomic mass is 32.2. The third-order valence-corrected chi connectivity index (χ3v) is 4.75. The molecule has 0 amide bonds. The molecule has 0 atom stereocenters. The molecule has 3 rings (SSSR count). The van der Waals surface area contributed by atoms with Crippen LogP contribution in [0, 0.1) is 22.7 Å². The largest absolute Gasteiger partial charge is 0.489 e. The van der Waals surface area contributed by atoms with Crippen LogP contribution in [0.4, 0.5) is 10.2 Å². The number of hydrogen-bond donors (Lipinski definition) is 1. The van der Waals surface area contributed by atoms with Gasteiger partial charge in [-0.05, 0) is 24.3 Å². The number of hydrogen-bond acceptors (Lipinski definition) is 9. The molecule has 3 aromatic heterocycles. The maximum atomic E-state index is 12.3. The van der Waals surface area contributed by atoms with E-state index in [0.29, 0.717) is 33.5 Å². The van der Waals surface area contributed by atoms with Crippen LogP contribution in [-0.2, 0) is 5.75 Å². The maximum absolute atomic E-state index is 12.3. The van der Waals surface area contributed by atoms with E-state index in [0.717, 1.165) is 0 Å². The fourth-order valence-electron chi connectivity index (χ4n) is 2.48. The second kappa shape index (κ2) is 9.44. The van der Waals surface area contributed by atoms with Crippen LogP contribution >= 0.6 is 11.8 Å². The number of halogens is 1. The topological polar surface area (TPSA) is 134 Å². The number of thioether (sulfide) groups is 1. The van der Waals surface area contributed by atoms with Crippen LogP contribution < -0.4 is 10.5 Å². The number of rotatable bonds is 7. The number of ether oxygens (including phenoxy) is 1. The molecule has 0 spiro atoms. The van der Waals surface area contributed by atoms with Crippen LogP contribution in [0.5, 0.6) is 5.75 Å². The first-order valence-corrected chi connectivity index (χ1v) is 9.34. The van der Waals surface area contributed by atoms with E-state index in [4.69, 9.17) is 10.5 Å². The number of nitrogens with zero attached hydrogens (tertiary/aromatic N) is 6. The summed E-state index contributed by atoms with van der Waals surface area (Å²) >= 11 is 1.26. The van der Waals surface area contributed by atoms with Gasteiger partial charge in [0.05, 0.1) is 23.1 Å². The first kappa shape index (κ1) is 20.0. The molecule has 0 aromatic carbocycles. The molecule has 3 heterocycles. The zero-order valence-corrected chi connectivity index (χ0v) is 15.9. The Bertz CT molecular complexity index is 1080. The molecule has 3 aromatic rings. The number of aromatic nitrogens is 4. The van der Waals surface area contributed by atoms with Crippen molar-refractivity contribution in [1.29, 1.82) is 10.5 Å². The molecule has 8 nitrogen and oxygen atoms in total. The van der Waals surface area contributed by atoms with Gasteiger partial charge in [0, 0.05) is 17.5 Å². The van der Waals surface area contributed by atoms with Crippen LogP contribution in [-0.4, -0.2) is 33.4 Å². The average Bonchev–Trinajstić information content (AvgIpc) is 2.76. The summed E-state index contributed by atoms with van der Waals surface area (Å²) < 4.78 is 17.4. The fourth-order valence-corrected chi connectivity index (χ4v) is 3.37. The van der Waals surface area contributed by atoms with E-state index >= 15 is 0 Å². The minimum absolute atomic E-state index is 0.00250. The summed E-state index contributed by atoms with van der Waals surface area (Å²) in [5.41, 5.74) is 7.60. The van der Waals surface area contributed by atoms with Gasteiger partial charge in [0.2, 0.25) is 0 Å². The van der Waals surface area contributed by atoms with E-state index in [1.807, 2.05) is 6.07 Å². The molecule has 0 bridgehead atoms. The van der Waals surface area contributed by atoms with Gasteiger partial charge in [-0.25, -0.2) is 9.37 Å². The Morgan fingerprint density at radius 2 is 2.00 bits per heavy atom. The van der Waals surface area contributed by atoms with E-state index in [9.17, 15) is 14.9 Å². The lowest BCUT2D eigenvalue weighted by Gasteiger charge is -2.12. The van der Waals surface area contributed by atoms with E-state index in [-0.39, 0.29) is 23.6 Å². The van der Waals surface area contributed by atoms with Gasteiger partial charge in [-0.2, -0.15) is 20.7 Å². The zero-order valence-electron chi connectivity index (χ0n) is 15.0. The minimum Gasteiger partial charge on any atom is -0.489 e. The number of nitriles is 2.